The lowest BCUT2D eigenvalue weighted by Crippen LogP contribution is -2.09. The number of aromatic nitrogens is 1. The van der Waals surface area contributed by atoms with Crippen molar-refractivity contribution in [3.63, 3.8) is 0 Å². The molecule has 2 heterocycles. The molecule has 1 aliphatic heterocycles. The van der Waals surface area contributed by atoms with Crippen LogP contribution in [0.15, 0.2) is 30.5 Å². The van der Waals surface area contributed by atoms with Crippen LogP contribution in [0.25, 0.3) is 0 Å². The van der Waals surface area contributed by atoms with Gasteiger partial charge in [0.15, 0.2) is 11.5 Å². The Morgan fingerprint density at radius 3 is 3.00 bits per heavy atom. The molecule has 21 heavy (non-hydrogen) atoms. The van der Waals surface area contributed by atoms with E-state index in [2.05, 4.69) is 10.3 Å². The summed E-state index contributed by atoms with van der Waals surface area (Å²) in [4.78, 5) is 3.99. The van der Waals surface area contributed by atoms with Gasteiger partial charge < -0.3 is 19.5 Å². The van der Waals surface area contributed by atoms with Crippen LogP contribution in [0.1, 0.15) is 11.1 Å². The fraction of sp³-hybridized carbons (Fsp3) is 0.267. The van der Waals surface area contributed by atoms with Crippen molar-refractivity contribution < 1.29 is 18.6 Å². The van der Waals surface area contributed by atoms with Gasteiger partial charge in [0.1, 0.15) is 12.4 Å². The Bertz CT molecular complexity index is 649. The lowest BCUT2D eigenvalue weighted by atomic mass is 10.2. The van der Waals surface area contributed by atoms with Gasteiger partial charge in [-0.05, 0) is 30.8 Å². The summed E-state index contributed by atoms with van der Waals surface area (Å²) in [6.45, 7) is 1.05. The number of pyridine rings is 1. The van der Waals surface area contributed by atoms with Gasteiger partial charge in [0, 0.05) is 12.1 Å². The molecule has 0 bridgehead atoms. The smallest absolute Gasteiger partial charge is 0.231 e. The van der Waals surface area contributed by atoms with E-state index in [4.69, 9.17) is 14.2 Å². The number of fused-ring (bicyclic) bond motifs is 1. The van der Waals surface area contributed by atoms with Crippen LogP contribution < -0.4 is 19.5 Å². The minimum atomic E-state index is -0.379. The third-order valence-electron chi connectivity index (χ3n) is 3.07. The molecule has 6 heteroatoms. The zero-order chi connectivity index (χ0) is 14.7. The van der Waals surface area contributed by atoms with Gasteiger partial charge in [-0.15, -0.1) is 0 Å². The Balaban J connectivity index is 1.72. The Hall–Kier alpha value is -2.34. The van der Waals surface area contributed by atoms with E-state index in [9.17, 15) is 4.39 Å². The lowest BCUT2D eigenvalue weighted by molar-refractivity contribution is 0.174. The van der Waals surface area contributed by atoms with Gasteiger partial charge in [-0.2, -0.15) is 0 Å². The number of hydrogen-bond donors (Lipinski definition) is 1. The van der Waals surface area contributed by atoms with Gasteiger partial charge in [-0.1, -0.05) is 6.07 Å². The number of nitrogens with one attached hydrogen (secondary N) is 1. The van der Waals surface area contributed by atoms with Crippen LogP contribution >= 0.6 is 0 Å². The summed E-state index contributed by atoms with van der Waals surface area (Å²) in [5.41, 5.74) is 1.61. The van der Waals surface area contributed by atoms with E-state index in [-0.39, 0.29) is 12.6 Å². The van der Waals surface area contributed by atoms with Crippen molar-refractivity contribution in [3.8, 4) is 17.4 Å². The molecular formula is C15H15FN2O3. The second kappa shape index (κ2) is 5.97. The van der Waals surface area contributed by atoms with E-state index in [1.165, 1.54) is 6.07 Å². The van der Waals surface area contributed by atoms with Gasteiger partial charge in [0.25, 0.3) is 0 Å². The lowest BCUT2D eigenvalue weighted by Gasteiger charge is -2.10. The van der Waals surface area contributed by atoms with Crippen molar-refractivity contribution in [3.05, 3.63) is 47.4 Å². The van der Waals surface area contributed by atoms with Gasteiger partial charge >= 0.3 is 0 Å². The van der Waals surface area contributed by atoms with Gasteiger partial charge in [-0.3, -0.25) is 0 Å². The zero-order valence-electron chi connectivity index (χ0n) is 11.6. The van der Waals surface area contributed by atoms with E-state index >= 15 is 0 Å². The monoisotopic (exact) mass is 290 g/mol. The normalized spacial score (nSPS) is 12.5. The molecule has 0 unspecified atom stereocenters. The van der Waals surface area contributed by atoms with Crippen LogP contribution in [-0.4, -0.2) is 18.8 Å². The molecule has 5 nitrogen and oxygen atoms in total. The second-order valence-corrected chi connectivity index (χ2v) is 4.62. The highest BCUT2D eigenvalue weighted by molar-refractivity contribution is 5.44. The fourth-order valence-electron chi connectivity index (χ4n) is 2.10. The SMILES string of the molecule is CNCc1cc(F)cnc1OCc1ccc2c(c1)OCO2. The first-order chi connectivity index (χ1) is 10.3. The molecule has 1 N–H and O–H groups in total. The van der Waals surface area contributed by atoms with E-state index in [1.54, 1.807) is 7.05 Å². The highest BCUT2D eigenvalue weighted by Crippen LogP contribution is 2.32. The zero-order valence-corrected chi connectivity index (χ0v) is 11.6. The molecule has 1 aromatic heterocycles. The molecule has 0 saturated carbocycles. The largest absolute Gasteiger partial charge is 0.473 e. The summed E-state index contributed by atoms with van der Waals surface area (Å²) >= 11 is 0. The van der Waals surface area contributed by atoms with Crippen LogP contribution in [0, 0.1) is 5.82 Å². The van der Waals surface area contributed by atoms with Crippen molar-refractivity contribution in [2.24, 2.45) is 0 Å². The predicted molar refractivity (Wildman–Crippen MR) is 73.9 cm³/mol. The molecule has 0 saturated heterocycles. The maximum atomic E-state index is 13.2. The topological polar surface area (TPSA) is 52.6 Å². The summed E-state index contributed by atoms with van der Waals surface area (Å²) < 4.78 is 29.5. The minimum absolute atomic E-state index is 0.242. The highest BCUT2D eigenvalue weighted by Gasteiger charge is 2.14. The van der Waals surface area contributed by atoms with Crippen LogP contribution in [0.2, 0.25) is 0 Å². The summed E-state index contributed by atoms with van der Waals surface area (Å²) in [6, 6.07) is 7.02. The van der Waals surface area contributed by atoms with Gasteiger partial charge in [0.05, 0.1) is 6.20 Å². The average molecular weight is 290 g/mol. The van der Waals surface area contributed by atoms with E-state index < -0.39 is 0 Å². The average Bonchev–Trinajstić information content (AvgIpc) is 2.94. The summed E-state index contributed by atoms with van der Waals surface area (Å²) in [7, 11) is 1.78. The Labute approximate surface area is 121 Å². The van der Waals surface area contributed by atoms with Crippen molar-refractivity contribution >= 4 is 0 Å². The number of ether oxygens (including phenoxy) is 3. The number of halogens is 1. The molecule has 1 aromatic carbocycles. The summed E-state index contributed by atoms with van der Waals surface area (Å²) in [6.07, 6.45) is 1.15. The minimum Gasteiger partial charge on any atom is -0.473 e. The standard InChI is InChI=1S/C15H15FN2O3/c1-17-6-11-5-12(16)7-18-15(11)19-8-10-2-3-13-14(4-10)21-9-20-13/h2-5,7,17H,6,8-9H2,1H3. The van der Waals surface area contributed by atoms with Crippen LogP contribution in [-0.2, 0) is 13.2 Å². The molecule has 0 atom stereocenters. The first kappa shape index (κ1) is 13.6. The molecular weight excluding hydrogens is 275 g/mol. The number of benzene rings is 1. The van der Waals surface area contributed by atoms with Gasteiger partial charge in [0.2, 0.25) is 12.7 Å². The maximum Gasteiger partial charge on any atom is 0.231 e. The van der Waals surface area contributed by atoms with Crippen LogP contribution in [0.3, 0.4) is 0 Å². The molecule has 0 fully saturated rings. The number of rotatable bonds is 5. The van der Waals surface area contributed by atoms with E-state index in [1.807, 2.05) is 18.2 Å². The third kappa shape index (κ3) is 3.05. The molecule has 1 aliphatic rings. The second-order valence-electron chi connectivity index (χ2n) is 4.62. The summed E-state index contributed by atoms with van der Waals surface area (Å²) in [5.74, 6) is 1.48. The van der Waals surface area contributed by atoms with Crippen molar-refractivity contribution in [2.75, 3.05) is 13.8 Å². The molecule has 0 amide bonds. The molecule has 0 radical (unpaired) electrons. The van der Waals surface area contributed by atoms with Crippen LogP contribution in [0.4, 0.5) is 4.39 Å². The highest BCUT2D eigenvalue weighted by atomic mass is 19.1. The maximum absolute atomic E-state index is 13.2. The molecule has 0 spiro atoms. The Kier molecular flexibility index (Phi) is 3.87. The first-order valence-corrected chi connectivity index (χ1v) is 6.56. The van der Waals surface area contributed by atoms with Gasteiger partial charge in [-0.25, -0.2) is 9.37 Å². The van der Waals surface area contributed by atoms with Crippen molar-refractivity contribution in [1.29, 1.82) is 0 Å². The molecule has 0 aliphatic carbocycles. The van der Waals surface area contributed by atoms with Crippen molar-refractivity contribution in [2.45, 2.75) is 13.2 Å². The van der Waals surface area contributed by atoms with E-state index in [0.29, 0.717) is 30.3 Å². The molecule has 110 valence electrons. The summed E-state index contributed by atoms with van der Waals surface area (Å²) in [5, 5.41) is 2.96. The first-order valence-electron chi connectivity index (χ1n) is 6.56. The fourth-order valence-corrected chi connectivity index (χ4v) is 2.10. The molecule has 2 aromatic rings. The third-order valence-corrected chi connectivity index (χ3v) is 3.07. The number of nitrogens with zero attached hydrogens (tertiary/aromatic N) is 1. The number of hydrogen-bond acceptors (Lipinski definition) is 5. The van der Waals surface area contributed by atoms with Crippen LogP contribution in [0.5, 0.6) is 17.4 Å². The molecule has 3 rings (SSSR count). The predicted octanol–water partition coefficient (Wildman–Crippen LogP) is 2.25. The Morgan fingerprint density at radius 2 is 2.14 bits per heavy atom. The Morgan fingerprint density at radius 1 is 1.29 bits per heavy atom. The van der Waals surface area contributed by atoms with E-state index in [0.717, 1.165) is 17.5 Å². The quantitative estimate of drug-likeness (QED) is 0.915. The van der Waals surface area contributed by atoms with Crippen molar-refractivity contribution in [1.82, 2.24) is 10.3 Å².